The normalized spacial score (nSPS) is 64.4. The molecule has 0 radical (unpaired) electrons. The van der Waals surface area contributed by atoms with E-state index in [2.05, 4.69) is 13.8 Å². The zero-order valence-corrected chi connectivity index (χ0v) is 15.1. The molecule has 8 atom stereocenters. The first-order valence-corrected chi connectivity index (χ1v) is 9.75. The molecule has 1 aliphatic heterocycles. The molecule has 4 nitrogen and oxygen atoms in total. The molecule has 5 fully saturated rings. The molecule has 0 aromatic carbocycles. The van der Waals surface area contributed by atoms with Crippen molar-refractivity contribution in [1.82, 2.24) is 0 Å². The summed E-state index contributed by atoms with van der Waals surface area (Å²) >= 11 is 0. The van der Waals surface area contributed by atoms with Gasteiger partial charge in [0.1, 0.15) is 5.60 Å². The molecule has 1 saturated heterocycles. The average Bonchev–Trinajstić information content (AvgIpc) is 2.79. The first-order valence-electron chi connectivity index (χ1n) is 9.75. The monoisotopic (exact) mass is 334 g/mol. The van der Waals surface area contributed by atoms with Crippen molar-refractivity contribution < 1.29 is 19.7 Å². The number of hydrogen-bond donors (Lipinski definition) is 2. The predicted octanol–water partition coefficient (Wildman–Crippen LogP) is 2.80. The van der Waals surface area contributed by atoms with Crippen molar-refractivity contribution >= 4 is 5.97 Å². The van der Waals surface area contributed by atoms with Crippen molar-refractivity contribution in [3.05, 3.63) is 0 Å². The van der Waals surface area contributed by atoms with Crippen LogP contribution in [0.1, 0.15) is 72.1 Å². The molecule has 0 amide bonds. The van der Waals surface area contributed by atoms with Crippen LogP contribution in [0.25, 0.3) is 0 Å². The maximum absolute atomic E-state index is 12.8. The van der Waals surface area contributed by atoms with E-state index in [9.17, 15) is 15.0 Å². The van der Waals surface area contributed by atoms with Crippen molar-refractivity contribution in [3.63, 3.8) is 0 Å². The Hall–Kier alpha value is -0.610. The Labute approximate surface area is 144 Å². The van der Waals surface area contributed by atoms with Crippen molar-refractivity contribution in [2.75, 3.05) is 0 Å². The van der Waals surface area contributed by atoms with Crippen LogP contribution in [-0.4, -0.2) is 33.5 Å². The van der Waals surface area contributed by atoms with Crippen LogP contribution in [0, 0.1) is 28.1 Å². The fraction of sp³-hybridized carbons (Fsp3) is 0.950. The van der Waals surface area contributed by atoms with E-state index >= 15 is 0 Å². The van der Waals surface area contributed by atoms with Crippen LogP contribution < -0.4 is 0 Å². The van der Waals surface area contributed by atoms with E-state index in [0.717, 1.165) is 38.5 Å². The number of fused-ring (bicyclic) bond motifs is 1. The minimum absolute atomic E-state index is 0.0395. The molecular weight excluding hydrogens is 304 g/mol. The van der Waals surface area contributed by atoms with Gasteiger partial charge in [-0.15, -0.1) is 0 Å². The third-order valence-electron chi connectivity index (χ3n) is 9.60. The lowest BCUT2D eigenvalue weighted by atomic mass is 9.39. The quantitative estimate of drug-likeness (QED) is 0.669. The molecule has 4 aliphatic carbocycles. The van der Waals surface area contributed by atoms with Gasteiger partial charge in [0.2, 0.25) is 0 Å². The van der Waals surface area contributed by atoms with Crippen molar-refractivity contribution in [2.45, 2.75) is 89.4 Å². The Morgan fingerprint density at radius 2 is 1.92 bits per heavy atom. The fourth-order valence-corrected chi connectivity index (χ4v) is 8.22. The molecule has 134 valence electrons. The number of ether oxygens (including phenoxy) is 1. The number of hydrogen-bond acceptors (Lipinski definition) is 4. The van der Waals surface area contributed by atoms with Crippen LogP contribution in [0.2, 0.25) is 0 Å². The highest BCUT2D eigenvalue weighted by Crippen LogP contribution is 2.78. The SMILES string of the molecule is C[C@]12CC[C@H]3C[C@@]1(C[C@]3(C)O)[C@@H](O)C[C@@H]1[C@@]3(C)CCC[C@]12OC3=O. The molecule has 4 heteroatoms. The molecule has 0 aromatic heterocycles. The standard InChI is InChI=1S/C20H30O4/c1-16-6-4-7-20(24-15(16)22)13(16)9-14(21)19-10-12(17(2,23)11-19)5-8-18(19,20)3/h12-14,21,23H,4-11H2,1-3H3/t12-,13+,14-,16+,17-,18-,19+,20-/m0/s1. The highest BCUT2D eigenvalue weighted by molar-refractivity contribution is 5.81. The van der Waals surface area contributed by atoms with Crippen LogP contribution in [0.15, 0.2) is 0 Å². The molecule has 4 bridgehead atoms. The van der Waals surface area contributed by atoms with E-state index in [1.165, 1.54) is 0 Å². The summed E-state index contributed by atoms with van der Waals surface area (Å²) in [5, 5.41) is 22.3. The zero-order chi connectivity index (χ0) is 17.2. The van der Waals surface area contributed by atoms with Crippen LogP contribution in [0.5, 0.6) is 0 Å². The number of esters is 1. The van der Waals surface area contributed by atoms with Gasteiger partial charge >= 0.3 is 5.97 Å². The van der Waals surface area contributed by atoms with Gasteiger partial charge in [0.15, 0.2) is 0 Å². The van der Waals surface area contributed by atoms with Crippen LogP contribution in [0.4, 0.5) is 0 Å². The number of carbonyl (C=O) groups excluding carboxylic acids is 1. The lowest BCUT2D eigenvalue weighted by Crippen LogP contribution is -2.69. The third kappa shape index (κ3) is 1.34. The molecule has 1 spiro atoms. The number of carbonyl (C=O) groups is 1. The Kier molecular flexibility index (Phi) is 2.63. The van der Waals surface area contributed by atoms with Crippen molar-refractivity contribution in [3.8, 4) is 0 Å². The maximum Gasteiger partial charge on any atom is 0.312 e. The Morgan fingerprint density at radius 3 is 2.67 bits per heavy atom. The molecule has 0 unspecified atom stereocenters. The van der Waals surface area contributed by atoms with E-state index in [1.807, 2.05) is 6.92 Å². The zero-order valence-electron chi connectivity index (χ0n) is 15.1. The molecule has 24 heavy (non-hydrogen) atoms. The van der Waals surface area contributed by atoms with E-state index in [-0.39, 0.29) is 28.6 Å². The molecule has 5 rings (SSSR count). The molecular formula is C20H30O4. The number of aliphatic hydroxyl groups excluding tert-OH is 1. The molecule has 5 aliphatic rings. The smallest absolute Gasteiger partial charge is 0.312 e. The van der Waals surface area contributed by atoms with Gasteiger partial charge in [-0.05, 0) is 71.1 Å². The van der Waals surface area contributed by atoms with Gasteiger partial charge < -0.3 is 14.9 Å². The molecule has 2 N–H and O–H groups in total. The summed E-state index contributed by atoms with van der Waals surface area (Å²) in [5.74, 6) is 0.349. The second-order valence-electron chi connectivity index (χ2n) is 10.3. The minimum Gasteiger partial charge on any atom is -0.458 e. The van der Waals surface area contributed by atoms with Crippen LogP contribution >= 0.6 is 0 Å². The highest BCUT2D eigenvalue weighted by atomic mass is 16.6. The summed E-state index contributed by atoms with van der Waals surface area (Å²) in [6.07, 6.45) is 6.49. The maximum atomic E-state index is 12.8. The van der Waals surface area contributed by atoms with Gasteiger partial charge in [-0.2, -0.15) is 0 Å². The largest absolute Gasteiger partial charge is 0.458 e. The summed E-state index contributed by atoms with van der Waals surface area (Å²) in [7, 11) is 0. The molecule has 1 heterocycles. The second-order valence-corrected chi connectivity index (χ2v) is 10.3. The summed E-state index contributed by atoms with van der Waals surface area (Å²) in [5.41, 5.74) is -2.10. The topological polar surface area (TPSA) is 66.8 Å². The first kappa shape index (κ1) is 15.6. The second kappa shape index (κ2) is 4.03. The highest BCUT2D eigenvalue weighted by Gasteiger charge is 2.81. The number of rotatable bonds is 0. The van der Waals surface area contributed by atoms with Crippen molar-refractivity contribution in [2.24, 2.45) is 28.1 Å². The summed E-state index contributed by atoms with van der Waals surface area (Å²) in [4.78, 5) is 12.8. The summed E-state index contributed by atoms with van der Waals surface area (Å²) in [6.45, 7) is 6.27. The Balaban J connectivity index is 1.71. The Morgan fingerprint density at radius 1 is 1.17 bits per heavy atom. The lowest BCUT2D eigenvalue weighted by Gasteiger charge is -2.66. The van der Waals surface area contributed by atoms with Gasteiger partial charge in [-0.1, -0.05) is 6.92 Å². The van der Waals surface area contributed by atoms with Crippen molar-refractivity contribution in [1.29, 1.82) is 0 Å². The van der Waals surface area contributed by atoms with Gasteiger partial charge in [-0.25, -0.2) is 0 Å². The van der Waals surface area contributed by atoms with Crippen LogP contribution in [-0.2, 0) is 9.53 Å². The fourth-order valence-electron chi connectivity index (χ4n) is 8.22. The number of aliphatic hydroxyl groups is 2. The summed E-state index contributed by atoms with van der Waals surface area (Å²) < 4.78 is 6.28. The van der Waals surface area contributed by atoms with Crippen LogP contribution in [0.3, 0.4) is 0 Å². The van der Waals surface area contributed by atoms with Gasteiger partial charge in [0.05, 0.1) is 17.1 Å². The van der Waals surface area contributed by atoms with Gasteiger partial charge in [-0.3, -0.25) is 4.79 Å². The lowest BCUT2D eigenvalue weighted by molar-refractivity contribution is -0.258. The first-order chi connectivity index (χ1) is 11.1. The minimum atomic E-state index is -0.706. The van der Waals surface area contributed by atoms with Gasteiger partial charge in [0, 0.05) is 16.7 Å². The van der Waals surface area contributed by atoms with E-state index in [0.29, 0.717) is 12.8 Å². The van der Waals surface area contributed by atoms with E-state index in [4.69, 9.17) is 4.74 Å². The third-order valence-corrected chi connectivity index (χ3v) is 9.60. The average molecular weight is 334 g/mol. The summed E-state index contributed by atoms with van der Waals surface area (Å²) in [6, 6.07) is 0. The van der Waals surface area contributed by atoms with E-state index < -0.39 is 22.7 Å². The van der Waals surface area contributed by atoms with E-state index in [1.54, 1.807) is 0 Å². The van der Waals surface area contributed by atoms with Gasteiger partial charge in [0.25, 0.3) is 0 Å². The molecule has 4 saturated carbocycles. The Bertz CT molecular complexity index is 629. The molecule has 0 aromatic rings. The predicted molar refractivity (Wildman–Crippen MR) is 88.0 cm³/mol.